The number of fused-ring (bicyclic) bond motifs is 7. The summed E-state index contributed by atoms with van der Waals surface area (Å²) in [6, 6.07) is 0. The van der Waals surface area contributed by atoms with Crippen LogP contribution >= 0.6 is 0 Å². The van der Waals surface area contributed by atoms with Crippen molar-refractivity contribution in [3.63, 3.8) is 0 Å². The molecule has 0 aromatic carbocycles. The maximum Gasteiger partial charge on any atom is 0.309 e. The van der Waals surface area contributed by atoms with E-state index in [0.717, 1.165) is 31.1 Å². The average molecular weight is 389 g/mol. The number of carbonyl (C=O) groups is 2. The first kappa shape index (κ1) is 18.9. The third-order valence-electron chi connectivity index (χ3n) is 10.2. The zero-order valence-corrected chi connectivity index (χ0v) is 17.9. The highest BCUT2D eigenvalue weighted by molar-refractivity contribution is 5.75. The summed E-state index contributed by atoms with van der Waals surface area (Å²) in [6.07, 6.45) is 9.79. The zero-order valence-electron chi connectivity index (χ0n) is 17.9. The van der Waals surface area contributed by atoms with E-state index < -0.39 is 0 Å². The number of carbonyl (C=O) groups excluding carboxylic acids is 2. The fourth-order valence-corrected chi connectivity index (χ4v) is 9.01. The standard InChI is InChI=1S/C24H36O4/c1-13-21-20(28-22(13)26)12-19-17-6-5-15-11-16(27-14(2)25)7-9-23(15,3)18(17)8-10-24(19,21)4/h13,15-21H,5-12H2,1-4H3/t13-,15-,16+,17-,18+,19+,20+,21+,23+,24+/m1/s1. The molecule has 28 heavy (non-hydrogen) atoms. The quantitative estimate of drug-likeness (QED) is 0.608. The molecular formula is C24H36O4. The van der Waals surface area contributed by atoms with Crippen molar-refractivity contribution < 1.29 is 19.1 Å². The number of rotatable bonds is 1. The van der Waals surface area contributed by atoms with Crippen molar-refractivity contribution in [3.8, 4) is 0 Å². The molecule has 156 valence electrons. The molecule has 0 N–H and O–H groups in total. The molecule has 4 aliphatic carbocycles. The van der Waals surface area contributed by atoms with Crippen LogP contribution in [0.5, 0.6) is 0 Å². The maximum absolute atomic E-state index is 12.2. The second kappa shape index (κ2) is 6.22. The molecule has 4 nitrogen and oxygen atoms in total. The van der Waals surface area contributed by atoms with E-state index in [1.165, 1.54) is 39.0 Å². The monoisotopic (exact) mass is 388 g/mol. The highest BCUT2D eigenvalue weighted by Crippen LogP contribution is 2.69. The Hall–Kier alpha value is -1.06. The average Bonchev–Trinajstić information content (AvgIpc) is 3.08. The molecular weight excluding hydrogens is 352 g/mol. The molecule has 0 aromatic rings. The third kappa shape index (κ3) is 2.48. The Kier molecular flexibility index (Phi) is 4.21. The molecule has 4 saturated carbocycles. The highest BCUT2D eigenvalue weighted by Gasteiger charge is 2.66. The Bertz CT molecular complexity index is 688. The van der Waals surface area contributed by atoms with Gasteiger partial charge >= 0.3 is 11.9 Å². The predicted molar refractivity (Wildman–Crippen MR) is 105 cm³/mol. The van der Waals surface area contributed by atoms with Gasteiger partial charge in [0.05, 0.1) is 5.92 Å². The van der Waals surface area contributed by atoms with E-state index >= 15 is 0 Å². The lowest BCUT2D eigenvalue weighted by Gasteiger charge is -2.61. The molecule has 10 atom stereocenters. The van der Waals surface area contributed by atoms with E-state index in [2.05, 4.69) is 20.8 Å². The van der Waals surface area contributed by atoms with Gasteiger partial charge in [0.25, 0.3) is 0 Å². The molecule has 5 fully saturated rings. The normalized spacial score (nSPS) is 54.8. The minimum atomic E-state index is -0.128. The molecule has 0 amide bonds. The summed E-state index contributed by atoms with van der Waals surface area (Å²) < 4.78 is 11.4. The molecule has 0 aromatic heterocycles. The summed E-state index contributed by atoms with van der Waals surface area (Å²) in [5.74, 6) is 3.37. The summed E-state index contributed by atoms with van der Waals surface area (Å²) in [6.45, 7) is 8.65. The van der Waals surface area contributed by atoms with E-state index in [1.54, 1.807) is 0 Å². The molecule has 4 heteroatoms. The van der Waals surface area contributed by atoms with Gasteiger partial charge in [-0.1, -0.05) is 20.8 Å². The molecule has 0 radical (unpaired) electrons. The van der Waals surface area contributed by atoms with E-state index in [1.807, 2.05) is 0 Å². The summed E-state index contributed by atoms with van der Waals surface area (Å²) in [5.41, 5.74) is 0.663. The molecule has 0 spiro atoms. The van der Waals surface area contributed by atoms with Gasteiger partial charge in [-0.05, 0) is 85.9 Å². The van der Waals surface area contributed by atoms with Gasteiger partial charge in [0.15, 0.2) is 0 Å². The fourth-order valence-electron chi connectivity index (χ4n) is 9.01. The van der Waals surface area contributed by atoms with E-state index in [0.29, 0.717) is 23.2 Å². The Morgan fingerprint density at radius 3 is 2.54 bits per heavy atom. The molecule has 0 bridgehead atoms. The molecule has 1 saturated heterocycles. The first-order chi connectivity index (χ1) is 13.2. The Morgan fingerprint density at radius 2 is 1.79 bits per heavy atom. The van der Waals surface area contributed by atoms with Gasteiger partial charge < -0.3 is 9.47 Å². The Balaban J connectivity index is 1.37. The summed E-state index contributed by atoms with van der Waals surface area (Å²) in [7, 11) is 0. The van der Waals surface area contributed by atoms with Crippen LogP contribution in [-0.4, -0.2) is 24.1 Å². The zero-order chi connectivity index (χ0) is 19.8. The SMILES string of the molecule is CC(=O)O[C@H]1CC[C@@]2(C)[C@H](CC[C@@H]3[C@@H]2CC[C@]2(C)[C@@H]4[C@H](C[C@@H]32)OC(=O)[C@@H]4C)C1. The van der Waals surface area contributed by atoms with Gasteiger partial charge in [0.1, 0.15) is 12.2 Å². The lowest BCUT2D eigenvalue weighted by atomic mass is 9.44. The van der Waals surface area contributed by atoms with Crippen LogP contribution in [-0.2, 0) is 19.1 Å². The number of hydrogen-bond acceptors (Lipinski definition) is 4. The van der Waals surface area contributed by atoms with E-state index in [4.69, 9.17) is 9.47 Å². The van der Waals surface area contributed by atoms with E-state index in [9.17, 15) is 9.59 Å². The largest absolute Gasteiger partial charge is 0.463 e. The third-order valence-corrected chi connectivity index (χ3v) is 10.2. The van der Waals surface area contributed by atoms with Crippen LogP contribution in [0.3, 0.4) is 0 Å². The van der Waals surface area contributed by atoms with Gasteiger partial charge in [-0.15, -0.1) is 0 Å². The van der Waals surface area contributed by atoms with Crippen molar-refractivity contribution in [2.24, 2.45) is 46.3 Å². The predicted octanol–water partition coefficient (Wildman–Crippen LogP) is 4.75. The Morgan fingerprint density at radius 1 is 1.04 bits per heavy atom. The lowest BCUT2D eigenvalue weighted by Crippen LogP contribution is -2.54. The molecule has 1 heterocycles. The van der Waals surface area contributed by atoms with Crippen molar-refractivity contribution >= 4 is 11.9 Å². The van der Waals surface area contributed by atoms with Crippen LogP contribution in [0.15, 0.2) is 0 Å². The Labute approximate surface area is 169 Å². The van der Waals surface area contributed by atoms with Gasteiger partial charge in [-0.2, -0.15) is 0 Å². The molecule has 5 rings (SSSR count). The van der Waals surface area contributed by atoms with E-state index in [-0.39, 0.29) is 35.5 Å². The van der Waals surface area contributed by atoms with Gasteiger partial charge in [0, 0.05) is 12.8 Å². The minimum Gasteiger partial charge on any atom is -0.463 e. The summed E-state index contributed by atoms with van der Waals surface area (Å²) in [4.78, 5) is 23.6. The molecule has 0 unspecified atom stereocenters. The summed E-state index contributed by atoms with van der Waals surface area (Å²) >= 11 is 0. The van der Waals surface area contributed by atoms with Crippen molar-refractivity contribution in [1.82, 2.24) is 0 Å². The van der Waals surface area contributed by atoms with Crippen molar-refractivity contribution in [2.45, 2.75) is 91.3 Å². The lowest BCUT2D eigenvalue weighted by molar-refractivity contribution is -0.160. The maximum atomic E-state index is 12.2. The second-order valence-electron chi connectivity index (χ2n) is 11.2. The highest BCUT2D eigenvalue weighted by atomic mass is 16.6. The summed E-state index contributed by atoms with van der Waals surface area (Å²) in [5, 5.41) is 0. The second-order valence-corrected chi connectivity index (χ2v) is 11.2. The van der Waals surface area contributed by atoms with Crippen molar-refractivity contribution in [2.75, 3.05) is 0 Å². The minimum absolute atomic E-state index is 0.0382. The van der Waals surface area contributed by atoms with Crippen molar-refractivity contribution in [3.05, 3.63) is 0 Å². The van der Waals surface area contributed by atoms with Crippen LogP contribution in [0.4, 0.5) is 0 Å². The van der Waals surface area contributed by atoms with Crippen LogP contribution in [0.2, 0.25) is 0 Å². The number of hydrogen-bond donors (Lipinski definition) is 0. The van der Waals surface area contributed by atoms with Crippen LogP contribution < -0.4 is 0 Å². The first-order valence-corrected chi connectivity index (χ1v) is 11.6. The van der Waals surface area contributed by atoms with Crippen LogP contribution in [0, 0.1) is 46.3 Å². The van der Waals surface area contributed by atoms with Gasteiger partial charge in [-0.3, -0.25) is 9.59 Å². The van der Waals surface area contributed by atoms with Crippen LogP contribution in [0.25, 0.3) is 0 Å². The molecule has 1 aliphatic heterocycles. The van der Waals surface area contributed by atoms with Crippen molar-refractivity contribution in [1.29, 1.82) is 0 Å². The molecule has 5 aliphatic rings. The fraction of sp³-hybridized carbons (Fsp3) is 0.917. The van der Waals surface area contributed by atoms with Gasteiger partial charge in [0.2, 0.25) is 0 Å². The van der Waals surface area contributed by atoms with Crippen LogP contribution in [0.1, 0.15) is 79.1 Å². The number of ether oxygens (including phenoxy) is 2. The smallest absolute Gasteiger partial charge is 0.309 e. The number of esters is 2. The topological polar surface area (TPSA) is 52.6 Å². The van der Waals surface area contributed by atoms with Gasteiger partial charge in [-0.25, -0.2) is 0 Å². The first-order valence-electron chi connectivity index (χ1n) is 11.6.